The van der Waals surface area contributed by atoms with Gasteiger partial charge < -0.3 is 9.15 Å². The Morgan fingerprint density at radius 2 is 1.86 bits per heavy atom. The van der Waals surface area contributed by atoms with Gasteiger partial charge in [-0.25, -0.2) is 0 Å². The molecule has 0 spiro atoms. The zero-order valence-corrected chi connectivity index (χ0v) is 18.0. The average Bonchev–Trinajstić information content (AvgIpc) is 3.30. The fraction of sp³-hybridized carbons (Fsp3) is 0.391. The lowest BCUT2D eigenvalue weighted by atomic mass is 10.1. The molecule has 0 atom stereocenters. The Morgan fingerprint density at radius 3 is 2.48 bits per heavy atom. The Bertz CT molecular complexity index is 869. The number of rotatable bonds is 10. The number of unbranched alkanes of at least 4 members (excludes halogenated alkanes) is 1. The van der Waals surface area contributed by atoms with Gasteiger partial charge in [-0.2, -0.15) is 0 Å². The molecule has 1 aliphatic heterocycles. The monoisotopic (exact) mass is 413 g/mol. The molecule has 29 heavy (non-hydrogen) atoms. The third kappa shape index (κ3) is 5.12. The second-order valence-electron chi connectivity index (χ2n) is 7.42. The van der Waals surface area contributed by atoms with Gasteiger partial charge in [0, 0.05) is 6.54 Å². The molecule has 2 aromatic rings. The number of hydrogen-bond acceptors (Lipinski definition) is 5. The topological polar surface area (TPSA) is 59.8 Å². The molecule has 154 valence electrons. The van der Waals surface area contributed by atoms with E-state index in [0.29, 0.717) is 35.3 Å². The van der Waals surface area contributed by atoms with Crippen LogP contribution in [0.25, 0.3) is 5.57 Å². The predicted molar refractivity (Wildman–Crippen MR) is 115 cm³/mol. The van der Waals surface area contributed by atoms with Crippen molar-refractivity contribution in [3.05, 3.63) is 58.9 Å². The quantitative estimate of drug-likeness (QED) is 0.506. The molecule has 0 saturated carbocycles. The molecule has 3 rings (SSSR count). The molecular weight excluding hydrogens is 386 g/mol. The van der Waals surface area contributed by atoms with Gasteiger partial charge in [0.2, 0.25) is 0 Å². The summed E-state index contributed by atoms with van der Waals surface area (Å²) in [5.41, 5.74) is 1.21. The summed E-state index contributed by atoms with van der Waals surface area (Å²) in [6, 6.07) is 11.1. The molecule has 0 radical (unpaired) electrons. The van der Waals surface area contributed by atoms with E-state index in [9.17, 15) is 9.59 Å². The smallest absolute Gasteiger partial charge is 0.267 e. The van der Waals surface area contributed by atoms with Gasteiger partial charge >= 0.3 is 0 Å². The largest absolute Gasteiger partial charge is 0.493 e. The van der Waals surface area contributed by atoms with Crippen LogP contribution in [0.15, 0.2) is 52.0 Å². The van der Waals surface area contributed by atoms with Crippen LogP contribution in [0.5, 0.6) is 5.75 Å². The molecule has 1 aliphatic rings. The van der Waals surface area contributed by atoms with Crippen LogP contribution in [0.1, 0.15) is 44.9 Å². The highest BCUT2D eigenvalue weighted by Crippen LogP contribution is 2.38. The van der Waals surface area contributed by atoms with Crippen molar-refractivity contribution in [2.75, 3.05) is 13.2 Å². The van der Waals surface area contributed by atoms with Gasteiger partial charge in [0.25, 0.3) is 11.8 Å². The second kappa shape index (κ2) is 9.83. The van der Waals surface area contributed by atoms with Gasteiger partial charge in [-0.3, -0.25) is 14.5 Å². The highest BCUT2D eigenvalue weighted by atomic mass is 32.2. The number of thioether (sulfide) groups is 1. The summed E-state index contributed by atoms with van der Waals surface area (Å²) in [4.78, 5) is 27.9. The summed E-state index contributed by atoms with van der Waals surface area (Å²) in [6.45, 7) is 7.30. The van der Waals surface area contributed by atoms with Crippen molar-refractivity contribution in [3.63, 3.8) is 0 Å². The van der Waals surface area contributed by atoms with E-state index in [-0.39, 0.29) is 11.8 Å². The van der Waals surface area contributed by atoms with Crippen LogP contribution in [-0.2, 0) is 15.3 Å². The molecule has 2 amide bonds. The lowest BCUT2D eigenvalue weighted by Crippen LogP contribution is -2.32. The van der Waals surface area contributed by atoms with Crippen molar-refractivity contribution in [2.24, 2.45) is 5.92 Å². The van der Waals surface area contributed by atoms with Gasteiger partial charge in [-0.05, 0) is 42.2 Å². The molecular formula is C23H27NO4S. The molecule has 0 unspecified atom stereocenters. The van der Waals surface area contributed by atoms with Crippen LogP contribution >= 0.6 is 11.8 Å². The van der Waals surface area contributed by atoms with Crippen LogP contribution in [0.4, 0.5) is 0 Å². The number of furan rings is 1. The minimum Gasteiger partial charge on any atom is -0.493 e. The fourth-order valence-corrected chi connectivity index (χ4v) is 4.01. The molecule has 0 N–H and O–H groups in total. The molecule has 2 heterocycles. The highest BCUT2D eigenvalue weighted by molar-refractivity contribution is 8.03. The van der Waals surface area contributed by atoms with Crippen molar-refractivity contribution < 1.29 is 18.7 Å². The first-order chi connectivity index (χ1) is 14.0. The minimum atomic E-state index is -0.221. The Hall–Kier alpha value is -2.47. The lowest BCUT2D eigenvalue weighted by molar-refractivity contribution is -0.136. The van der Waals surface area contributed by atoms with E-state index in [1.165, 1.54) is 16.7 Å². The molecule has 0 saturated heterocycles. The molecule has 0 bridgehead atoms. The second-order valence-corrected chi connectivity index (χ2v) is 8.40. The number of carbonyl (C=O) groups is 2. The Morgan fingerprint density at radius 1 is 1.10 bits per heavy atom. The van der Waals surface area contributed by atoms with E-state index in [1.807, 2.05) is 43.3 Å². The van der Waals surface area contributed by atoms with Crippen molar-refractivity contribution in [1.29, 1.82) is 0 Å². The van der Waals surface area contributed by atoms with Crippen LogP contribution in [0, 0.1) is 5.92 Å². The minimum absolute atomic E-state index is 0.213. The predicted octanol–water partition coefficient (Wildman–Crippen LogP) is 5.13. The first-order valence-corrected chi connectivity index (χ1v) is 11.0. The maximum Gasteiger partial charge on any atom is 0.267 e. The maximum absolute atomic E-state index is 13.1. The van der Waals surface area contributed by atoms with E-state index in [0.717, 1.165) is 29.9 Å². The Labute approximate surface area is 176 Å². The van der Waals surface area contributed by atoms with Gasteiger partial charge in [0.1, 0.15) is 11.5 Å². The van der Waals surface area contributed by atoms with Crippen molar-refractivity contribution >= 4 is 29.1 Å². The fourth-order valence-electron chi connectivity index (χ4n) is 2.98. The van der Waals surface area contributed by atoms with E-state index in [2.05, 4.69) is 13.8 Å². The third-order valence-electron chi connectivity index (χ3n) is 4.53. The third-order valence-corrected chi connectivity index (χ3v) is 5.62. The molecule has 0 aliphatic carbocycles. The van der Waals surface area contributed by atoms with Crippen LogP contribution < -0.4 is 4.74 Å². The Balaban J connectivity index is 1.86. The number of imide groups is 1. The number of amides is 2. The van der Waals surface area contributed by atoms with E-state index in [1.54, 1.807) is 6.26 Å². The number of ether oxygens (including phenoxy) is 1. The van der Waals surface area contributed by atoms with Gasteiger partial charge in [0.15, 0.2) is 0 Å². The normalized spacial score (nSPS) is 14.4. The summed E-state index contributed by atoms with van der Waals surface area (Å²) < 4.78 is 11.1. The first kappa shape index (κ1) is 21.2. The van der Waals surface area contributed by atoms with Crippen LogP contribution in [0.3, 0.4) is 0 Å². The summed E-state index contributed by atoms with van der Waals surface area (Å²) in [5.74, 6) is 2.03. The highest BCUT2D eigenvalue weighted by Gasteiger charge is 2.38. The summed E-state index contributed by atoms with van der Waals surface area (Å²) in [5, 5.41) is 0. The number of hydrogen-bond donors (Lipinski definition) is 0. The first-order valence-electron chi connectivity index (χ1n) is 10.00. The van der Waals surface area contributed by atoms with E-state index in [4.69, 9.17) is 9.15 Å². The lowest BCUT2D eigenvalue weighted by Gasteiger charge is -2.14. The maximum atomic E-state index is 13.1. The zero-order chi connectivity index (χ0) is 20.8. The number of nitrogens with zero attached hydrogens (tertiary/aromatic N) is 1. The SMILES string of the molecule is CCCCN1C(=O)C(SCc2ccco2)=C(c2ccc(OCC(C)C)cc2)C1=O. The zero-order valence-electron chi connectivity index (χ0n) is 17.1. The van der Waals surface area contributed by atoms with Crippen molar-refractivity contribution in [1.82, 2.24) is 4.90 Å². The summed E-state index contributed by atoms with van der Waals surface area (Å²) >= 11 is 1.35. The van der Waals surface area contributed by atoms with Gasteiger partial charge in [0.05, 0.1) is 29.1 Å². The van der Waals surface area contributed by atoms with Gasteiger partial charge in [-0.15, -0.1) is 11.8 Å². The van der Waals surface area contributed by atoms with Crippen LogP contribution in [-0.4, -0.2) is 29.9 Å². The molecule has 5 nitrogen and oxygen atoms in total. The summed E-state index contributed by atoms with van der Waals surface area (Å²) in [6.07, 6.45) is 3.32. The number of carbonyl (C=O) groups excluding carboxylic acids is 2. The molecule has 1 aromatic carbocycles. The Kier molecular flexibility index (Phi) is 7.20. The molecule has 6 heteroatoms. The number of benzene rings is 1. The van der Waals surface area contributed by atoms with E-state index >= 15 is 0 Å². The molecule has 1 aromatic heterocycles. The average molecular weight is 414 g/mol. The van der Waals surface area contributed by atoms with Crippen molar-refractivity contribution in [3.8, 4) is 5.75 Å². The standard InChI is InChI=1S/C23H27NO4S/c1-4-5-12-24-22(25)20(17-8-10-18(11-9-17)28-14-16(2)3)21(23(24)26)29-15-19-7-6-13-27-19/h6-11,13,16H,4-5,12,14-15H2,1-3H3. The summed E-state index contributed by atoms with van der Waals surface area (Å²) in [7, 11) is 0. The van der Waals surface area contributed by atoms with Crippen LogP contribution in [0.2, 0.25) is 0 Å². The van der Waals surface area contributed by atoms with Gasteiger partial charge in [-0.1, -0.05) is 39.3 Å². The van der Waals surface area contributed by atoms with Crippen molar-refractivity contribution in [2.45, 2.75) is 39.4 Å². The van der Waals surface area contributed by atoms with E-state index < -0.39 is 0 Å². The molecule has 0 fully saturated rings.